The molecule has 3 rings (SSSR count). The van der Waals surface area contributed by atoms with E-state index in [1.165, 1.54) is 6.42 Å². The Balaban J connectivity index is 0.000000980. The van der Waals surface area contributed by atoms with Gasteiger partial charge in [-0.05, 0) is 36.0 Å². The fourth-order valence-corrected chi connectivity index (χ4v) is 3.48. The van der Waals surface area contributed by atoms with Gasteiger partial charge in [-0.1, -0.05) is 20.8 Å². The van der Waals surface area contributed by atoms with Crippen LogP contribution >= 0.6 is 12.4 Å². The lowest BCUT2D eigenvalue weighted by Gasteiger charge is -2.61. The molecule has 0 radical (unpaired) electrons. The molecule has 3 saturated carbocycles. The van der Waals surface area contributed by atoms with Crippen molar-refractivity contribution in [3.05, 3.63) is 0 Å². The fourth-order valence-electron chi connectivity index (χ4n) is 3.48. The first-order valence-corrected chi connectivity index (χ1v) is 5.17. The minimum absolute atomic E-state index is 0. The van der Waals surface area contributed by atoms with Crippen molar-refractivity contribution in [2.75, 3.05) is 0 Å². The highest BCUT2D eigenvalue weighted by molar-refractivity contribution is 5.85. The second kappa shape index (κ2) is 3.41. The molecule has 3 heteroatoms. The SMILES string of the molecule is CC1C(C(=O)O)CC2CC1C2(C)C.Cl. The molecule has 2 bridgehead atoms. The van der Waals surface area contributed by atoms with Gasteiger partial charge in [0.05, 0.1) is 5.92 Å². The zero-order valence-electron chi connectivity index (χ0n) is 8.99. The molecule has 0 amide bonds. The first-order chi connectivity index (χ1) is 5.94. The van der Waals surface area contributed by atoms with Crippen molar-refractivity contribution in [2.24, 2.45) is 29.1 Å². The van der Waals surface area contributed by atoms with Crippen LogP contribution in [0.15, 0.2) is 0 Å². The summed E-state index contributed by atoms with van der Waals surface area (Å²) in [6.07, 6.45) is 2.16. The summed E-state index contributed by atoms with van der Waals surface area (Å²) in [4.78, 5) is 10.9. The van der Waals surface area contributed by atoms with Crippen molar-refractivity contribution in [1.82, 2.24) is 0 Å². The quantitative estimate of drug-likeness (QED) is 0.735. The van der Waals surface area contributed by atoms with E-state index in [0.717, 1.165) is 6.42 Å². The zero-order chi connectivity index (χ0) is 9.80. The summed E-state index contributed by atoms with van der Waals surface area (Å²) in [5, 5.41) is 9.02. The summed E-state index contributed by atoms with van der Waals surface area (Å²) >= 11 is 0. The Labute approximate surface area is 91.5 Å². The molecule has 4 atom stereocenters. The summed E-state index contributed by atoms with van der Waals surface area (Å²) in [6, 6.07) is 0. The van der Waals surface area contributed by atoms with Crippen LogP contribution in [0.4, 0.5) is 0 Å². The largest absolute Gasteiger partial charge is 0.481 e. The van der Waals surface area contributed by atoms with Gasteiger partial charge < -0.3 is 5.11 Å². The van der Waals surface area contributed by atoms with Crippen molar-refractivity contribution in [1.29, 1.82) is 0 Å². The molecule has 0 aromatic rings. The van der Waals surface area contributed by atoms with Crippen LogP contribution in [-0.2, 0) is 4.79 Å². The molecule has 3 aliphatic rings. The minimum Gasteiger partial charge on any atom is -0.481 e. The van der Waals surface area contributed by atoms with Crippen molar-refractivity contribution in [2.45, 2.75) is 33.6 Å². The maximum Gasteiger partial charge on any atom is 0.306 e. The summed E-state index contributed by atoms with van der Waals surface area (Å²) < 4.78 is 0. The monoisotopic (exact) mass is 218 g/mol. The molecule has 0 aromatic carbocycles. The van der Waals surface area contributed by atoms with Crippen LogP contribution in [0.2, 0.25) is 0 Å². The lowest BCUT2D eigenvalue weighted by molar-refractivity contribution is -0.167. The number of aliphatic carboxylic acids is 1. The van der Waals surface area contributed by atoms with Crippen molar-refractivity contribution >= 4 is 18.4 Å². The van der Waals surface area contributed by atoms with E-state index in [4.69, 9.17) is 5.11 Å². The number of rotatable bonds is 1. The van der Waals surface area contributed by atoms with E-state index in [-0.39, 0.29) is 18.3 Å². The Morgan fingerprint density at radius 2 is 1.93 bits per heavy atom. The average Bonchev–Trinajstić information content (AvgIpc) is 2.02. The number of carboxylic acids is 1. The third-order valence-electron chi connectivity index (χ3n) is 4.67. The van der Waals surface area contributed by atoms with Crippen molar-refractivity contribution in [3.63, 3.8) is 0 Å². The number of carbonyl (C=O) groups is 1. The summed E-state index contributed by atoms with van der Waals surface area (Å²) in [5.74, 6) is 1.02. The van der Waals surface area contributed by atoms with Crippen molar-refractivity contribution in [3.8, 4) is 0 Å². The minimum atomic E-state index is -0.585. The Bertz CT molecular complexity index is 250. The van der Waals surface area contributed by atoms with Crippen LogP contribution in [-0.4, -0.2) is 11.1 Å². The number of hydrogen-bond acceptors (Lipinski definition) is 1. The Hall–Kier alpha value is -0.240. The van der Waals surface area contributed by atoms with E-state index in [0.29, 0.717) is 23.2 Å². The lowest BCUT2D eigenvalue weighted by atomic mass is 9.43. The molecule has 0 aliphatic heterocycles. The van der Waals surface area contributed by atoms with Gasteiger partial charge in [0.15, 0.2) is 0 Å². The van der Waals surface area contributed by atoms with Gasteiger partial charge in [0.25, 0.3) is 0 Å². The standard InChI is InChI=1S/C11H18O2.ClH/c1-6-8(10(12)13)4-7-5-9(6)11(7,2)3;/h6-9H,4-5H2,1-3H3,(H,12,13);1H. The smallest absolute Gasteiger partial charge is 0.306 e. The van der Waals surface area contributed by atoms with Gasteiger partial charge in [-0.3, -0.25) is 4.79 Å². The van der Waals surface area contributed by atoms with Crippen molar-refractivity contribution < 1.29 is 9.90 Å². The molecule has 0 spiro atoms. The highest BCUT2D eigenvalue weighted by Gasteiger charge is 2.57. The highest BCUT2D eigenvalue weighted by atomic mass is 35.5. The predicted molar refractivity (Wildman–Crippen MR) is 57.5 cm³/mol. The van der Waals surface area contributed by atoms with Gasteiger partial charge in [0, 0.05) is 0 Å². The Morgan fingerprint density at radius 1 is 1.36 bits per heavy atom. The molecular formula is C11H19ClO2. The van der Waals surface area contributed by atoms with Gasteiger partial charge in [0.2, 0.25) is 0 Å². The number of carboxylic acid groups (broad SMARTS) is 1. The third kappa shape index (κ3) is 1.35. The topological polar surface area (TPSA) is 37.3 Å². The molecule has 0 aromatic heterocycles. The van der Waals surface area contributed by atoms with E-state index < -0.39 is 5.97 Å². The molecule has 0 heterocycles. The first-order valence-electron chi connectivity index (χ1n) is 5.17. The maximum absolute atomic E-state index is 10.9. The number of fused-ring (bicyclic) bond motifs is 2. The molecule has 4 unspecified atom stereocenters. The average molecular weight is 219 g/mol. The highest BCUT2D eigenvalue weighted by Crippen LogP contribution is 2.62. The maximum atomic E-state index is 10.9. The van der Waals surface area contributed by atoms with Crippen LogP contribution in [0.3, 0.4) is 0 Å². The molecule has 82 valence electrons. The lowest BCUT2D eigenvalue weighted by Crippen LogP contribution is -2.56. The molecule has 14 heavy (non-hydrogen) atoms. The molecule has 0 saturated heterocycles. The van der Waals surface area contributed by atoms with E-state index >= 15 is 0 Å². The predicted octanol–water partition coefficient (Wildman–Crippen LogP) is 2.81. The van der Waals surface area contributed by atoms with E-state index in [2.05, 4.69) is 20.8 Å². The van der Waals surface area contributed by atoms with Gasteiger partial charge >= 0.3 is 5.97 Å². The molecule has 3 fully saturated rings. The van der Waals surface area contributed by atoms with E-state index in [9.17, 15) is 4.79 Å². The zero-order valence-corrected chi connectivity index (χ0v) is 9.80. The molecule has 3 aliphatic carbocycles. The van der Waals surface area contributed by atoms with E-state index in [1.807, 2.05) is 0 Å². The third-order valence-corrected chi connectivity index (χ3v) is 4.67. The van der Waals surface area contributed by atoms with Crippen LogP contribution in [0.1, 0.15) is 33.6 Å². The molecule has 2 nitrogen and oxygen atoms in total. The summed E-state index contributed by atoms with van der Waals surface area (Å²) in [6.45, 7) is 6.70. The summed E-state index contributed by atoms with van der Waals surface area (Å²) in [7, 11) is 0. The number of halogens is 1. The number of hydrogen-bond donors (Lipinski definition) is 1. The summed E-state index contributed by atoms with van der Waals surface area (Å²) in [5.41, 5.74) is 0.408. The van der Waals surface area contributed by atoms with Gasteiger partial charge in [-0.25, -0.2) is 0 Å². The van der Waals surface area contributed by atoms with Gasteiger partial charge in [-0.15, -0.1) is 12.4 Å². The van der Waals surface area contributed by atoms with E-state index in [1.54, 1.807) is 0 Å². The Kier molecular flexibility index (Phi) is 2.88. The van der Waals surface area contributed by atoms with Crippen LogP contribution in [0.25, 0.3) is 0 Å². The first kappa shape index (κ1) is 11.8. The Morgan fingerprint density at radius 3 is 2.29 bits per heavy atom. The van der Waals surface area contributed by atoms with Gasteiger partial charge in [0.1, 0.15) is 0 Å². The van der Waals surface area contributed by atoms with Crippen LogP contribution in [0, 0.1) is 29.1 Å². The molecular weight excluding hydrogens is 200 g/mol. The van der Waals surface area contributed by atoms with Crippen LogP contribution in [0.5, 0.6) is 0 Å². The second-order valence-electron chi connectivity index (χ2n) is 5.40. The molecule has 1 N–H and O–H groups in total. The fraction of sp³-hybridized carbons (Fsp3) is 0.909. The normalized spacial score (nSPS) is 43.4. The van der Waals surface area contributed by atoms with Gasteiger partial charge in [-0.2, -0.15) is 0 Å². The van der Waals surface area contributed by atoms with Crippen LogP contribution < -0.4 is 0 Å². The second-order valence-corrected chi connectivity index (χ2v) is 5.40.